The van der Waals surface area contributed by atoms with Crippen LogP contribution in [0.2, 0.25) is 5.15 Å². The monoisotopic (exact) mass is 420 g/mol. The Morgan fingerprint density at radius 1 is 1.24 bits per heavy atom. The molecule has 25 heavy (non-hydrogen) atoms. The summed E-state index contributed by atoms with van der Waals surface area (Å²) in [4.78, 5) is 6.78. The third kappa shape index (κ3) is 3.87. The number of sulfonamides is 1. The molecule has 0 saturated carbocycles. The van der Waals surface area contributed by atoms with Gasteiger partial charge < -0.3 is 4.90 Å². The van der Waals surface area contributed by atoms with Gasteiger partial charge in [-0.25, -0.2) is 4.98 Å². The lowest BCUT2D eigenvalue weighted by atomic mass is 10.2. The maximum atomic E-state index is 12.7. The van der Waals surface area contributed by atoms with Crippen LogP contribution in [0.5, 0.6) is 0 Å². The van der Waals surface area contributed by atoms with E-state index in [0.717, 1.165) is 18.8 Å². The van der Waals surface area contributed by atoms with Gasteiger partial charge in [0.15, 0.2) is 15.1 Å². The van der Waals surface area contributed by atoms with Crippen LogP contribution in [0.1, 0.15) is 13.8 Å². The van der Waals surface area contributed by atoms with Crippen molar-refractivity contribution in [2.75, 3.05) is 22.7 Å². The van der Waals surface area contributed by atoms with Crippen molar-refractivity contribution in [1.29, 1.82) is 0 Å². The predicted molar refractivity (Wildman–Crippen MR) is 106 cm³/mol. The molecule has 0 radical (unpaired) electrons. The number of thiazole rings is 1. The molecule has 0 amide bonds. The van der Waals surface area contributed by atoms with Gasteiger partial charge in [-0.3, -0.25) is 9.12 Å². The minimum atomic E-state index is -3.83. The highest BCUT2D eigenvalue weighted by molar-refractivity contribution is 7.92. The zero-order valence-electron chi connectivity index (χ0n) is 13.6. The summed E-state index contributed by atoms with van der Waals surface area (Å²) in [6, 6.07) is 7.27. The number of imidazole rings is 1. The number of benzene rings is 1. The highest BCUT2D eigenvalue weighted by atomic mass is 35.5. The quantitative estimate of drug-likeness (QED) is 0.650. The van der Waals surface area contributed by atoms with Gasteiger partial charge in [-0.2, -0.15) is 8.42 Å². The van der Waals surface area contributed by atoms with Crippen LogP contribution in [0, 0.1) is 0 Å². The summed E-state index contributed by atoms with van der Waals surface area (Å²) in [6.45, 7) is 5.94. The van der Waals surface area contributed by atoms with Gasteiger partial charge in [0, 0.05) is 36.0 Å². The van der Waals surface area contributed by atoms with Crippen molar-refractivity contribution in [1.82, 2.24) is 9.38 Å². The highest BCUT2D eigenvalue weighted by Crippen LogP contribution is 2.27. The molecule has 0 atom stereocenters. The van der Waals surface area contributed by atoms with Crippen LogP contribution in [0.15, 0.2) is 40.9 Å². The standard InChI is InChI=1S/C15H17ClN4O2S2.ClH/c1-3-19(4-2)12-7-5-11(6-8-12)18-24(21,22)14-13(16)17-15-20(14)9-10-23-15;/h5-10,18H,3-4H2,1-2H3;1H. The third-order valence-corrected chi connectivity index (χ3v) is 6.22. The molecule has 0 fully saturated rings. The third-order valence-electron chi connectivity index (χ3n) is 3.68. The SMILES string of the molecule is CCN(CC)c1ccc(NS(=O)(=O)c2c(Cl)nc3sccn23)cc1.Cl. The van der Waals surface area contributed by atoms with Crippen molar-refractivity contribution in [2.24, 2.45) is 0 Å². The van der Waals surface area contributed by atoms with E-state index in [2.05, 4.69) is 28.5 Å². The van der Waals surface area contributed by atoms with Crippen molar-refractivity contribution in [3.8, 4) is 0 Å². The number of aromatic nitrogens is 2. The van der Waals surface area contributed by atoms with E-state index in [1.165, 1.54) is 15.7 Å². The molecule has 0 saturated heterocycles. The number of fused-ring (bicyclic) bond motifs is 1. The average Bonchev–Trinajstić information content (AvgIpc) is 3.09. The van der Waals surface area contributed by atoms with Crippen LogP contribution in [0.25, 0.3) is 4.96 Å². The predicted octanol–water partition coefficient (Wildman–Crippen LogP) is 4.12. The summed E-state index contributed by atoms with van der Waals surface area (Å²) in [7, 11) is -3.83. The Labute approximate surface area is 161 Å². The molecule has 0 unspecified atom stereocenters. The van der Waals surface area contributed by atoms with Crippen LogP contribution in [-0.2, 0) is 10.0 Å². The number of halogens is 2. The summed E-state index contributed by atoms with van der Waals surface area (Å²) in [5, 5.41) is 1.68. The lowest BCUT2D eigenvalue weighted by Crippen LogP contribution is -2.21. The second kappa shape index (κ2) is 7.82. The molecule has 0 aliphatic heterocycles. The van der Waals surface area contributed by atoms with Gasteiger partial charge in [0.05, 0.1) is 0 Å². The molecule has 2 aromatic heterocycles. The number of hydrogen-bond donors (Lipinski definition) is 1. The molecule has 1 aromatic carbocycles. The van der Waals surface area contributed by atoms with E-state index >= 15 is 0 Å². The van der Waals surface area contributed by atoms with Gasteiger partial charge in [-0.05, 0) is 38.1 Å². The molecule has 136 valence electrons. The first-order valence-electron chi connectivity index (χ1n) is 7.45. The van der Waals surface area contributed by atoms with E-state index < -0.39 is 10.0 Å². The molecule has 0 bridgehead atoms. The highest BCUT2D eigenvalue weighted by Gasteiger charge is 2.25. The van der Waals surface area contributed by atoms with Crippen LogP contribution in [0.3, 0.4) is 0 Å². The first-order chi connectivity index (χ1) is 11.5. The first-order valence-corrected chi connectivity index (χ1v) is 10.2. The molecule has 2 heterocycles. The molecular formula is C15H18Cl2N4O2S2. The number of rotatable bonds is 6. The molecule has 0 spiro atoms. The Morgan fingerprint density at radius 3 is 2.48 bits per heavy atom. The summed E-state index contributed by atoms with van der Waals surface area (Å²) >= 11 is 7.34. The molecule has 10 heteroatoms. The summed E-state index contributed by atoms with van der Waals surface area (Å²) in [5.74, 6) is 0. The smallest absolute Gasteiger partial charge is 0.281 e. The normalized spacial score (nSPS) is 11.3. The van der Waals surface area contributed by atoms with Crippen molar-refractivity contribution < 1.29 is 8.42 Å². The van der Waals surface area contributed by atoms with E-state index in [0.29, 0.717) is 10.6 Å². The Morgan fingerprint density at radius 2 is 1.88 bits per heavy atom. The van der Waals surface area contributed by atoms with Crippen molar-refractivity contribution in [2.45, 2.75) is 18.9 Å². The Hall–Kier alpha value is -1.48. The second-order valence-corrected chi connectivity index (χ2v) is 7.92. The molecule has 3 aromatic rings. The number of anilines is 2. The van der Waals surface area contributed by atoms with Crippen LogP contribution in [-0.4, -0.2) is 30.9 Å². The zero-order chi connectivity index (χ0) is 17.3. The first kappa shape index (κ1) is 19.8. The summed E-state index contributed by atoms with van der Waals surface area (Å²) in [5.41, 5.74) is 1.53. The van der Waals surface area contributed by atoms with Gasteiger partial charge in [0.25, 0.3) is 10.0 Å². The van der Waals surface area contributed by atoms with E-state index in [9.17, 15) is 8.42 Å². The maximum absolute atomic E-state index is 12.7. The fourth-order valence-corrected chi connectivity index (χ4v) is 5.03. The van der Waals surface area contributed by atoms with E-state index in [4.69, 9.17) is 11.6 Å². The van der Waals surface area contributed by atoms with Crippen molar-refractivity contribution in [3.63, 3.8) is 0 Å². The van der Waals surface area contributed by atoms with Gasteiger partial charge >= 0.3 is 0 Å². The van der Waals surface area contributed by atoms with Crippen LogP contribution in [0.4, 0.5) is 11.4 Å². The molecule has 6 nitrogen and oxygen atoms in total. The molecule has 3 rings (SSSR count). The minimum absolute atomic E-state index is 0. The molecular weight excluding hydrogens is 403 g/mol. The van der Waals surface area contributed by atoms with Gasteiger partial charge in [-0.1, -0.05) is 11.6 Å². The Kier molecular flexibility index (Phi) is 6.21. The minimum Gasteiger partial charge on any atom is -0.372 e. The van der Waals surface area contributed by atoms with Crippen molar-refractivity contribution >= 4 is 61.7 Å². The van der Waals surface area contributed by atoms with Gasteiger partial charge in [-0.15, -0.1) is 23.7 Å². The average molecular weight is 421 g/mol. The van der Waals surface area contributed by atoms with Crippen LogP contribution < -0.4 is 9.62 Å². The molecule has 0 aliphatic carbocycles. The molecule has 0 aliphatic rings. The largest absolute Gasteiger partial charge is 0.372 e. The fourth-order valence-electron chi connectivity index (χ4n) is 2.51. The lowest BCUT2D eigenvalue weighted by Gasteiger charge is -2.21. The summed E-state index contributed by atoms with van der Waals surface area (Å²) < 4.78 is 29.4. The Balaban J connectivity index is 0.00000225. The molecule has 1 N–H and O–H groups in total. The van der Waals surface area contributed by atoms with Gasteiger partial charge in [0.1, 0.15) is 0 Å². The zero-order valence-corrected chi connectivity index (χ0v) is 16.8. The number of nitrogens with zero attached hydrogens (tertiary/aromatic N) is 3. The van der Waals surface area contributed by atoms with E-state index in [-0.39, 0.29) is 22.6 Å². The second-order valence-electron chi connectivity index (χ2n) is 5.09. The van der Waals surface area contributed by atoms with Crippen LogP contribution >= 0.6 is 35.3 Å². The van der Waals surface area contributed by atoms with E-state index in [1.807, 2.05) is 12.1 Å². The number of hydrogen-bond acceptors (Lipinski definition) is 5. The number of nitrogens with one attached hydrogen (secondary N) is 1. The Bertz CT molecular complexity index is 948. The van der Waals surface area contributed by atoms with Crippen molar-refractivity contribution in [3.05, 3.63) is 41.0 Å². The lowest BCUT2D eigenvalue weighted by molar-refractivity contribution is 0.596. The topological polar surface area (TPSA) is 66.7 Å². The maximum Gasteiger partial charge on any atom is 0.281 e. The fraction of sp³-hybridized carbons (Fsp3) is 0.267. The van der Waals surface area contributed by atoms with Gasteiger partial charge in [0.2, 0.25) is 0 Å². The summed E-state index contributed by atoms with van der Waals surface area (Å²) in [6.07, 6.45) is 1.64. The van der Waals surface area contributed by atoms with E-state index in [1.54, 1.807) is 23.7 Å².